The highest BCUT2D eigenvalue weighted by Crippen LogP contribution is 2.32. The molecule has 1 unspecified atom stereocenters. The maximum atomic E-state index is 12.3. The average molecular weight is 388 g/mol. The van der Waals surface area contributed by atoms with Crippen molar-refractivity contribution in [2.75, 3.05) is 13.9 Å². The highest BCUT2D eigenvalue weighted by molar-refractivity contribution is 6.30. The Balaban J connectivity index is 1.70. The van der Waals surface area contributed by atoms with Crippen molar-refractivity contribution in [3.63, 3.8) is 0 Å². The minimum absolute atomic E-state index is 0.000443. The molecule has 2 aromatic rings. The summed E-state index contributed by atoms with van der Waals surface area (Å²) >= 11 is 6.02. The zero-order valence-corrected chi connectivity index (χ0v) is 15.4. The number of fused-ring (bicyclic) bond motifs is 1. The second-order valence-corrected chi connectivity index (χ2v) is 6.28. The third kappa shape index (κ3) is 5.01. The lowest BCUT2D eigenvalue weighted by Crippen LogP contribution is -2.29. The molecular formula is C20H18ClNO5. The molecule has 1 atom stereocenters. The van der Waals surface area contributed by atoms with Gasteiger partial charge in [0.15, 0.2) is 11.5 Å². The van der Waals surface area contributed by atoms with E-state index in [1.165, 1.54) is 13.2 Å². The number of methoxy groups -OCH3 is 1. The number of halogens is 1. The van der Waals surface area contributed by atoms with Gasteiger partial charge in [-0.15, -0.1) is 0 Å². The number of nitrogens with one attached hydrogen (secondary N) is 1. The van der Waals surface area contributed by atoms with Crippen molar-refractivity contribution in [2.24, 2.45) is 0 Å². The standard InChI is InChI=1S/C20H18ClNO5/c1-25-20(24)11-16(14-3-2-4-15(21)10-14)22-19(23)8-6-13-5-7-17-18(9-13)27-12-26-17/h2-10,16H,11-12H2,1H3,(H,22,23)/b8-6+. The monoisotopic (exact) mass is 387 g/mol. The van der Waals surface area contributed by atoms with Crippen molar-refractivity contribution < 1.29 is 23.8 Å². The summed E-state index contributed by atoms with van der Waals surface area (Å²) < 4.78 is 15.3. The number of hydrogen-bond acceptors (Lipinski definition) is 5. The van der Waals surface area contributed by atoms with Gasteiger partial charge in [-0.05, 0) is 41.5 Å². The number of rotatable bonds is 6. The summed E-state index contributed by atoms with van der Waals surface area (Å²) in [7, 11) is 1.30. The number of ether oxygens (including phenoxy) is 3. The molecule has 0 spiro atoms. The predicted octanol–water partition coefficient (Wildman–Crippen LogP) is 3.50. The number of esters is 1. The molecule has 0 saturated carbocycles. The van der Waals surface area contributed by atoms with E-state index in [0.717, 1.165) is 11.1 Å². The van der Waals surface area contributed by atoms with Crippen LogP contribution < -0.4 is 14.8 Å². The third-order valence-electron chi connectivity index (χ3n) is 3.99. The van der Waals surface area contributed by atoms with Crippen molar-refractivity contribution in [2.45, 2.75) is 12.5 Å². The normalized spacial score (nSPS) is 13.4. The van der Waals surface area contributed by atoms with Crippen LogP contribution in [0.25, 0.3) is 6.08 Å². The van der Waals surface area contributed by atoms with Gasteiger partial charge in [-0.25, -0.2) is 0 Å². The first-order valence-electron chi connectivity index (χ1n) is 8.25. The van der Waals surface area contributed by atoms with Crippen molar-refractivity contribution in [3.05, 3.63) is 64.7 Å². The van der Waals surface area contributed by atoms with Crippen molar-refractivity contribution >= 4 is 29.6 Å². The lowest BCUT2D eigenvalue weighted by atomic mass is 10.0. The Morgan fingerprint density at radius 2 is 2.04 bits per heavy atom. The van der Waals surface area contributed by atoms with E-state index in [1.807, 2.05) is 6.07 Å². The summed E-state index contributed by atoms with van der Waals surface area (Å²) in [5.74, 6) is 0.539. The second-order valence-electron chi connectivity index (χ2n) is 5.84. The Kier molecular flexibility index (Phi) is 5.98. The summed E-state index contributed by atoms with van der Waals surface area (Å²) in [6.45, 7) is 0.192. The molecule has 140 valence electrons. The molecule has 1 aliphatic heterocycles. The molecule has 6 nitrogen and oxygen atoms in total. The molecule has 0 aliphatic carbocycles. The van der Waals surface area contributed by atoms with Gasteiger partial charge in [0, 0.05) is 11.1 Å². The maximum absolute atomic E-state index is 12.3. The van der Waals surface area contributed by atoms with Gasteiger partial charge in [0.2, 0.25) is 12.7 Å². The van der Waals surface area contributed by atoms with Crippen LogP contribution in [0, 0.1) is 0 Å². The molecule has 1 N–H and O–H groups in total. The molecule has 7 heteroatoms. The smallest absolute Gasteiger partial charge is 0.307 e. The van der Waals surface area contributed by atoms with Gasteiger partial charge in [0.05, 0.1) is 19.6 Å². The van der Waals surface area contributed by atoms with Gasteiger partial charge < -0.3 is 19.5 Å². The molecule has 2 aromatic carbocycles. The summed E-state index contributed by atoms with van der Waals surface area (Å²) in [6.07, 6.45) is 3.05. The lowest BCUT2D eigenvalue weighted by Gasteiger charge is -2.17. The molecular weight excluding hydrogens is 370 g/mol. The fourth-order valence-corrected chi connectivity index (χ4v) is 2.83. The zero-order chi connectivity index (χ0) is 19.2. The molecule has 1 aliphatic rings. The van der Waals surface area contributed by atoms with Gasteiger partial charge >= 0.3 is 5.97 Å². The van der Waals surface area contributed by atoms with Crippen LogP contribution in [0.5, 0.6) is 11.5 Å². The number of amides is 1. The van der Waals surface area contributed by atoms with Crippen LogP contribution in [0.3, 0.4) is 0 Å². The molecule has 0 fully saturated rings. The van der Waals surface area contributed by atoms with Gasteiger partial charge in [0.25, 0.3) is 0 Å². The molecule has 0 saturated heterocycles. The largest absolute Gasteiger partial charge is 0.469 e. The summed E-state index contributed by atoms with van der Waals surface area (Å²) in [4.78, 5) is 24.0. The topological polar surface area (TPSA) is 73.9 Å². The average Bonchev–Trinajstić information content (AvgIpc) is 3.13. The van der Waals surface area contributed by atoms with Crippen LogP contribution in [-0.4, -0.2) is 25.8 Å². The molecule has 1 amide bonds. The van der Waals surface area contributed by atoms with E-state index in [-0.39, 0.29) is 19.1 Å². The predicted molar refractivity (Wildman–Crippen MR) is 101 cm³/mol. The minimum atomic E-state index is -0.551. The van der Waals surface area contributed by atoms with Crippen LogP contribution in [0.15, 0.2) is 48.5 Å². The first-order valence-corrected chi connectivity index (χ1v) is 8.63. The molecule has 1 heterocycles. The van der Waals surface area contributed by atoms with Crippen LogP contribution >= 0.6 is 11.6 Å². The van der Waals surface area contributed by atoms with E-state index in [9.17, 15) is 9.59 Å². The van der Waals surface area contributed by atoms with E-state index in [1.54, 1.807) is 42.5 Å². The van der Waals surface area contributed by atoms with Crippen molar-refractivity contribution in [1.29, 1.82) is 0 Å². The van der Waals surface area contributed by atoms with Gasteiger partial charge in [-0.2, -0.15) is 0 Å². The Morgan fingerprint density at radius 1 is 1.22 bits per heavy atom. The second kappa shape index (κ2) is 8.60. The Labute approximate surface area is 161 Å². The minimum Gasteiger partial charge on any atom is -0.469 e. The molecule has 3 rings (SSSR count). The molecule has 0 aromatic heterocycles. The summed E-state index contributed by atoms with van der Waals surface area (Å²) in [6, 6.07) is 11.8. The van der Waals surface area contributed by atoms with E-state index in [4.69, 9.17) is 25.8 Å². The first-order chi connectivity index (χ1) is 13.0. The van der Waals surface area contributed by atoms with Gasteiger partial charge in [-0.1, -0.05) is 29.8 Å². The highest BCUT2D eigenvalue weighted by Gasteiger charge is 2.18. The molecule has 0 bridgehead atoms. The Bertz CT molecular complexity index is 880. The SMILES string of the molecule is COC(=O)CC(NC(=O)/C=C/c1ccc2c(c1)OCO2)c1cccc(Cl)c1. The van der Waals surface area contributed by atoms with E-state index in [0.29, 0.717) is 16.5 Å². The molecule has 0 radical (unpaired) electrons. The Hall–Kier alpha value is -2.99. The van der Waals surface area contributed by atoms with Crippen LogP contribution in [0.1, 0.15) is 23.6 Å². The van der Waals surface area contributed by atoms with Crippen molar-refractivity contribution in [1.82, 2.24) is 5.32 Å². The van der Waals surface area contributed by atoms with Crippen molar-refractivity contribution in [3.8, 4) is 11.5 Å². The van der Waals surface area contributed by atoms with Crippen LogP contribution in [0.4, 0.5) is 0 Å². The maximum Gasteiger partial charge on any atom is 0.307 e. The van der Waals surface area contributed by atoms with E-state index in [2.05, 4.69) is 5.32 Å². The fourth-order valence-electron chi connectivity index (χ4n) is 2.63. The van der Waals surface area contributed by atoms with Crippen LogP contribution in [0.2, 0.25) is 5.02 Å². The van der Waals surface area contributed by atoms with Crippen LogP contribution in [-0.2, 0) is 14.3 Å². The highest BCUT2D eigenvalue weighted by atomic mass is 35.5. The first kappa shape index (κ1) is 18.8. The lowest BCUT2D eigenvalue weighted by molar-refractivity contribution is -0.141. The molecule has 27 heavy (non-hydrogen) atoms. The van der Waals surface area contributed by atoms with E-state index >= 15 is 0 Å². The third-order valence-corrected chi connectivity index (χ3v) is 4.22. The van der Waals surface area contributed by atoms with Gasteiger partial charge in [0.1, 0.15) is 0 Å². The Morgan fingerprint density at radius 3 is 2.81 bits per heavy atom. The van der Waals surface area contributed by atoms with E-state index < -0.39 is 12.0 Å². The zero-order valence-electron chi connectivity index (χ0n) is 14.6. The number of benzene rings is 2. The number of carbonyl (C=O) groups is 2. The summed E-state index contributed by atoms with van der Waals surface area (Å²) in [5.41, 5.74) is 1.51. The van der Waals surface area contributed by atoms with Gasteiger partial charge in [-0.3, -0.25) is 9.59 Å². The fraction of sp³-hybridized carbons (Fsp3) is 0.200. The number of carbonyl (C=O) groups excluding carboxylic acids is 2. The summed E-state index contributed by atoms with van der Waals surface area (Å²) in [5, 5.41) is 3.33. The quantitative estimate of drug-likeness (QED) is 0.606. The number of hydrogen-bond donors (Lipinski definition) is 1.